The number of nitrogens with one attached hydrogen (secondary N) is 1. The van der Waals surface area contributed by atoms with Crippen LogP contribution in [-0.2, 0) is 9.53 Å². The number of hydrogen-bond donors (Lipinski definition) is 1. The summed E-state index contributed by atoms with van der Waals surface area (Å²) in [6.45, 7) is 2.02. The minimum Gasteiger partial charge on any atom is -0.455 e. The Bertz CT molecular complexity index is 678. The van der Waals surface area contributed by atoms with Crippen molar-refractivity contribution in [3.63, 3.8) is 0 Å². The maximum atomic E-state index is 11.1. The van der Waals surface area contributed by atoms with Crippen molar-refractivity contribution in [3.8, 4) is 11.1 Å². The molecule has 0 atom stereocenters. The topological polar surface area (TPSA) is 50.7 Å². The predicted octanol–water partition coefficient (Wildman–Crippen LogP) is 2.80. The SMILES string of the molecule is Cc1ccc(-c2ccccc2)cc1N=C1NC(=O)CO1. The van der Waals surface area contributed by atoms with E-state index < -0.39 is 0 Å². The van der Waals surface area contributed by atoms with Gasteiger partial charge >= 0.3 is 0 Å². The number of aliphatic imine (C=N–C) groups is 1. The van der Waals surface area contributed by atoms with Crippen LogP contribution in [0, 0.1) is 6.92 Å². The summed E-state index contributed by atoms with van der Waals surface area (Å²) in [7, 11) is 0. The van der Waals surface area contributed by atoms with E-state index in [1.165, 1.54) is 0 Å². The summed E-state index contributed by atoms with van der Waals surface area (Å²) in [4.78, 5) is 15.5. The molecule has 1 fully saturated rings. The standard InChI is InChI=1S/C16H14N2O2/c1-11-7-8-13(12-5-3-2-4-6-12)9-14(11)17-16-18-15(19)10-20-16/h2-9H,10H2,1H3,(H,17,18,19). The van der Waals surface area contributed by atoms with Gasteiger partial charge in [-0.15, -0.1) is 0 Å². The van der Waals surface area contributed by atoms with Gasteiger partial charge in [-0.3, -0.25) is 10.1 Å². The second-order valence-corrected chi connectivity index (χ2v) is 4.62. The minimum atomic E-state index is -0.166. The third-order valence-electron chi connectivity index (χ3n) is 3.12. The molecule has 2 aromatic carbocycles. The van der Waals surface area contributed by atoms with Gasteiger partial charge in [-0.1, -0.05) is 42.5 Å². The molecular formula is C16H14N2O2. The molecule has 4 nitrogen and oxygen atoms in total. The molecule has 0 radical (unpaired) electrons. The largest absolute Gasteiger partial charge is 0.455 e. The van der Waals surface area contributed by atoms with Crippen LogP contribution < -0.4 is 5.32 Å². The van der Waals surface area contributed by atoms with Gasteiger partial charge in [-0.2, -0.15) is 4.99 Å². The van der Waals surface area contributed by atoms with Crippen LogP contribution in [-0.4, -0.2) is 18.5 Å². The Labute approximate surface area is 117 Å². The van der Waals surface area contributed by atoms with Crippen molar-refractivity contribution in [2.75, 3.05) is 6.61 Å². The Morgan fingerprint density at radius 3 is 2.60 bits per heavy atom. The highest BCUT2D eigenvalue weighted by molar-refractivity contribution is 6.01. The van der Waals surface area contributed by atoms with Gasteiger partial charge in [-0.25, -0.2) is 0 Å². The second-order valence-electron chi connectivity index (χ2n) is 4.62. The fourth-order valence-electron chi connectivity index (χ4n) is 2.03. The van der Waals surface area contributed by atoms with Crippen LogP contribution in [0.1, 0.15) is 5.56 Å². The van der Waals surface area contributed by atoms with Crippen LogP contribution in [0.4, 0.5) is 5.69 Å². The number of aryl methyl sites for hydroxylation is 1. The molecule has 1 saturated heterocycles. The van der Waals surface area contributed by atoms with E-state index in [0.29, 0.717) is 0 Å². The van der Waals surface area contributed by atoms with Crippen LogP contribution in [0.5, 0.6) is 0 Å². The Hall–Kier alpha value is -2.62. The molecule has 20 heavy (non-hydrogen) atoms. The van der Waals surface area contributed by atoms with Gasteiger partial charge in [-0.05, 0) is 29.7 Å². The third kappa shape index (κ3) is 2.54. The molecule has 0 bridgehead atoms. The lowest BCUT2D eigenvalue weighted by Crippen LogP contribution is -2.20. The lowest BCUT2D eigenvalue weighted by Gasteiger charge is -2.06. The number of carbonyl (C=O) groups excluding carboxylic acids is 1. The highest BCUT2D eigenvalue weighted by Gasteiger charge is 2.17. The van der Waals surface area contributed by atoms with E-state index >= 15 is 0 Å². The van der Waals surface area contributed by atoms with Crippen molar-refractivity contribution in [3.05, 3.63) is 54.1 Å². The molecule has 1 aliphatic rings. The maximum Gasteiger partial charge on any atom is 0.297 e. The zero-order chi connectivity index (χ0) is 13.9. The Morgan fingerprint density at radius 2 is 1.90 bits per heavy atom. The molecule has 0 aromatic heterocycles. The van der Waals surface area contributed by atoms with E-state index in [1.807, 2.05) is 37.3 Å². The lowest BCUT2D eigenvalue weighted by molar-refractivity contribution is -0.119. The van der Waals surface area contributed by atoms with E-state index in [2.05, 4.69) is 28.5 Å². The summed E-state index contributed by atoms with van der Waals surface area (Å²) in [6.07, 6.45) is 0. The van der Waals surface area contributed by atoms with Gasteiger partial charge in [0.15, 0.2) is 6.61 Å². The van der Waals surface area contributed by atoms with Crippen molar-refractivity contribution >= 4 is 17.6 Å². The highest BCUT2D eigenvalue weighted by atomic mass is 16.5. The molecule has 3 rings (SSSR count). The fourth-order valence-corrected chi connectivity index (χ4v) is 2.03. The number of benzene rings is 2. The van der Waals surface area contributed by atoms with Crippen LogP contribution in [0.2, 0.25) is 0 Å². The normalized spacial score (nSPS) is 16.1. The van der Waals surface area contributed by atoms with Gasteiger partial charge in [0.2, 0.25) is 0 Å². The summed E-state index contributed by atoms with van der Waals surface area (Å²) in [5.41, 5.74) is 4.04. The summed E-state index contributed by atoms with van der Waals surface area (Å²) in [6, 6.07) is 16.4. The Balaban J connectivity index is 1.97. The first-order chi connectivity index (χ1) is 9.72. The highest BCUT2D eigenvalue weighted by Crippen LogP contribution is 2.27. The number of ether oxygens (including phenoxy) is 1. The number of amides is 1. The van der Waals surface area contributed by atoms with Crippen LogP contribution in [0.25, 0.3) is 11.1 Å². The Kier molecular flexibility index (Phi) is 3.21. The first kappa shape index (κ1) is 12.4. The molecule has 4 heteroatoms. The van der Waals surface area contributed by atoms with Crippen molar-refractivity contribution in [2.24, 2.45) is 4.99 Å². The van der Waals surface area contributed by atoms with Crippen molar-refractivity contribution in [1.82, 2.24) is 5.32 Å². The molecule has 1 amide bonds. The molecule has 0 spiro atoms. The molecular weight excluding hydrogens is 252 g/mol. The van der Waals surface area contributed by atoms with Crippen molar-refractivity contribution in [2.45, 2.75) is 6.92 Å². The molecule has 2 aromatic rings. The van der Waals surface area contributed by atoms with Gasteiger partial charge in [0.05, 0.1) is 5.69 Å². The zero-order valence-electron chi connectivity index (χ0n) is 11.1. The number of nitrogens with zero attached hydrogens (tertiary/aromatic N) is 1. The van der Waals surface area contributed by atoms with E-state index in [9.17, 15) is 4.79 Å². The third-order valence-corrected chi connectivity index (χ3v) is 3.12. The van der Waals surface area contributed by atoms with Gasteiger partial charge in [0.1, 0.15) is 0 Å². The van der Waals surface area contributed by atoms with Gasteiger partial charge in [0.25, 0.3) is 11.9 Å². The molecule has 100 valence electrons. The first-order valence-electron chi connectivity index (χ1n) is 6.40. The van der Waals surface area contributed by atoms with Crippen LogP contribution >= 0.6 is 0 Å². The number of carbonyl (C=O) groups is 1. The minimum absolute atomic E-state index is 0.0380. The van der Waals surface area contributed by atoms with Crippen molar-refractivity contribution in [1.29, 1.82) is 0 Å². The first-order valence-corrected chi connectivity index (χ1v) is 6.40. The van der Waals surface area contributed by atoms with Crippen molar-refractivity contribution < 1.29 is 9.53 Å². The summed E-state index contributed by atoms with van der Waals surface area (Å²) in [5, 5.41) is 2.58. The average Bonchev–Trinajstić information content (AvgIpc) is 2.88. The lowest BCUT2D eigenvalue weighted by atomic mass is 10.0. The molecule has 0 unspecified atom stereocenters. The molecule has 0 saturated carbocycles. The number of rotatable bonds is 2. The fraction of sp³-hybridized carbons (Fsp3) is 0.125. The van der Waals surface area contributed by atoms with E-state index in [4.69, 9.17) is 4.74 Å². The summed E-state index contributed by atoms with van der Waals surface area (Å²) in [5.74, 6) is -0.166. The second kappa shape index (κ2) is 5.17. The number of amidine groups is 1. The van der Waals surface area contributed by atoms with E-state index in [1.54, 1.807) is 0 Å². The van der Waals surface area contributed by atoms with E-state index in [-0.39, 0.29) is 18.5 Å². The molecule has 1 heterocycles. The molecule has 1 N–H and O–H groups in total. The maximum absolute atomic E-state index is 11.1. The predicted molar refractivity (Wildman–Crippen MR) is 77.8 cm³/mol. The number of hydrogen-bond acceptors (Lipinski definition) is 3. The average molecular weight is 266 g/mol. The van der Waals surface area contributed by atoms with Gasteiger partial charge < -0.3 is 4.74 Å². The van der Waals surface area contributed by atoms with Crippen LogP contribution in [0.15, 0.2) is 53.5 Å². The summed E-state index contributed by atoms with van der Waals surface area (Å²) < 4.78 is 5.16. The molecule has 0 aliphatic carbocycles. The zero-order valence-corrected chi connectivity index (χ0v) is 11.1. The van der Waals surface area contributed by atoms with Gasteiger partial charge in [0, 0.05) is 0 Å². The summed E-state index contributed by atoms with van der Waals surface area (Å²) >= 11 is 0. The quantitative estimate of drug-likeness (QED) is 0.908. The van der Waals surface area contributed by atoms with E-state index in [0.717, 1.165) is 22.4 Å². The monoisotopic (exact) mass is 266 g/mol. The van der Waals surface area contributed by atoms with Crippen LogP contribution in [0.3, 0.4) is 0 Å². The molecule has 1 aliphatic heterocycles. The smallest absolute Gasteiger partial charge is 0.297 e. The Morgan fingerprint density at radius 1 is 1.10 bits per heavy atom.